The first-order valence-corrected chi connectivity index (χ1v) is 6.16. The number of benzene rings is 1. The third kappa shape index (κ3) is 3.24. The van der Waals surface area contributed by atoms with E-state index in [1.807, 2.05) is 26.0 Å². The van der Waals surface area contributed by atoms with Gasteiger partial charge in [-0.05, 0) is 31.2 Å². The lowest BCUT2D eigenvalue weighted by atomic mass is 10.2. The Kier molecular flexibility index (Phi) is 4.23. The van der Waals surface area contributed by atoms with E-state index in [1.54, 1.807) is 12.3 Å². The van der Waals surface area contributed by atoms with E-state index >= 15 is 0 Å². The van der Waals surface area contributed by atoms with Gasteiger partial charge in [0.15, 0.2) is 0 Å². The molecule has 1 N–H and O–H groups in total. The van der Waals surface area contributed by atoms with E-state index in [9.17, 15) is 0 Å². The molecule has 96 valence electrons. The second kappa shape index (κ2) is 5.89. The molecule has 18 heavy (non-hydrogen) atoms. The second-order valence-electron chi connectivity index (χ2n) is 3.90. The van der Waals surface area contributed by atoms with Gasteiger partial charge in [0.1, 0.15) is 12.0 Å². The minimum absolute atomic E-state index is 0.230. The van der Waals surface area contributed by atoms with Crippen molar-refractivity contribution in [3.05, 3.63) is 40.7 Å². The highest BCUT2D eigenvalue weighted by molar-refractivity contribution is 6.30. The van der Waals surface area contributed by atoms with Gasteiger partial charge in [0, 0.05) is 11.6 Å². The molecule has 0 spiro atoms. The van der Waals surface area contributed by atoms with Crippen molar-refractivity contribution in [3.63, 3.8) is 0 Å². The fraction of sp³-hybridized carbons (Fsp3) is 0.308. The van der Waals surface area contributed by atoms with Gasteiger partial charge in [-0.25, -0.2) is 0 Å². The van der Waals surface area contributed by atoms with Crippen LogP contribution in [0, 0.1) is 6.92 Å². The molecule has 0 fully saturated rings. The van der Waals surface area contributed by atoms with Gasteiger partial charge in [0.25, 0.3) is 0 Å². The molecule has 4 nitrogen and oxygen atoms in total. The van der Waals surface area contributed by atoms with Crippen LogP contribution < -0.4 is 10.1 Å². The van der Waals surface area contributed by atoms with Crippen molar-refractivity contribution in [3.8, 4) is 11.8 Å². The molecule has 1 heterocycles. The molecule has 1 aromatic heterocycles. The molecule has 2 rings (SSSR count). The molecule has 0 aliphatic carbocycles. The topological polar surface area (TPSA) is 47.3 Å². The smallest absolute Gasteiger partial charge is 0.399 e. The molecule has 0 saturated heterocycles. The summed E-state index contributed by atoms with van der Waals surface area (Å²) in [7, 11) is 0. The first-order chi connectivity index (χ1) is 8.69. The van der Waals surface area contributed by atoms with Crippen LogP contribution in [0.4, 0.5) is 0 Å². The monoisotopic (exact) mass is 266 g/mol. The van der Waals surface area contributed by atoms with Crippen LogP contribution in [0.1, 0.15) is 18.2 Å². The van der Waals surface area contributed by atoms with E-state index in [2.05, 4.69) is 10.3 Å². The Morgan fingerprint density at radius 2 is 2.28 bits per heavy atom. The lowest BCUT2D eigenvalue weighted by Crippen LogP contribution is -2.11. The van der Waals surface area contributed by atoms with Gasteiger partial charge in [0.05, 0.1) is 5.69 Å². The molecule has 2 aromatic rings. The lowest BCUT2D eigenvalue weighted by molar-refractivity contribution is 0.329. The first kappa shape index (κ1) is 12.9. The van der Waals surface area contributed by atoms with Gasteiger partial charge in [0.2, 0.25) is 0 Å². The van der Waals surface area contributed by atoms with Crippen LogP contribution in [-0.4, -0.2) is 11.5 Å². The van der Waals surface area contributed by atoms with Gasteiger partial charge in [-0.2, -0.15) is 4.98 Å². The van der Waals surface area contributed by atoms with E-state index in [0.29, 0.717) is 17.3 Å². The number of aryl methyl sites for hydroxylation is 1. The summed E-state index contributed by atoms with van der Waals surface area (Å²) in [6, 6.07) is 5.45. The zero-order valence-electron chi connectivity index (χ0n) is 10.4. The third-order valence-electron chi connectivity index (χ3n) is 2.43. The quantitative estimate of drug-likeness (QED) is 0.899. The summed E-state index contributed by atoms with van der Waals surface area (Å²) in [5, 5.41) is 3.78. The highest BCUT2D eigenvalue weighted by atomic mass is 35.5. The van der Waals surface area contributed by atoms with E-state index < -0.39 is 0 Å². The Bertz CT molecular complexity index is 525. The van der Waals surface area contributed by atoms with E-state index in [1.165, 1.54) is 0 Å². The van der Waals surface area contributed by atoms with Crippen LogP contribution in [0.2, 0.25) is 5.02 Å². The normalized spacial score (nSPS) is 10.6. The highest BCUT2D eigenvalue weighted by Gasteiger charge is 2.08. The molecule has 5 heteroatoms. The van der Waals surface area contributed by atoms with Crippen molar-refractivity contribution < 1.29 is 9.15 Å². The SMILES string of the molecule is CCNCc1coc(Oc2cc(Cl)ccc2C)n1. The van der Waals surface area contributed by atoms with Gasteiger partial charge in [-0.1, -0.05) is 24.6 Å². The number of aromatic nitrogens is 1. The molecule has 0 atom stereocenters. The Morgan fingerprint density at radius 3 is 3.06 bits per heavy atom. The molecule has 0 aliphatic rings. The third-order valence-corrected chi connectivity index (χ3v) is 2.67. The van der Waals surface area contributed by atoms with Crippen molar-refractivity contribution in [2.45, 2.75) is 20.4 Å². The summed E-state index contributed by atoms with van der Waals surface area (Å²) in [6.07, 6.45) is 1.81. The highest BCUT2D eigenvalue weighted by Crippen LogP contribution is 2.27. The molecule has 0 unspecified atom stereocenters. The first-order valence-electron chi connectivity index (χ1n) is 5.78. The largest absolute Gasteiger partial charge is 0.417 e. The van der Waals surface area contributed by atoms with Gasteiger partial charge < -0.3 is 14.5 Å². The van der Waals surface area contributed by atoms with E-state index in [-0.39, 0.29) is 6.08 Å². The predicted molar refractivity (Wildman–Crippen MR) is 70.1 cm³/mol. The van der Waals surface area contributed by atoms with Crippen molar-refractivity contribution >= 4 is 11.6 Å². The Labute approximate surface area is 111 Å². The maximum atomic E-state index is 5.92. The van der Waals surface area contributed by atoms with Crippen LogP contribution >= 0.6 is 11.6 Å². The zero-order chi connectivity index (χ0) is 13.0. The Balaban J connectivity index is 2.08. The average molecular weight is 267 g/mol. The van der Waals surface area contributed by atoms with E-state index in [0.717, 1.165) is 17.8 Å². The van der Waals surface area contributed by atoms with Gasteiger partial charge in [-0.15, -0.1) is 0 Å². The summed E-state index contributed by atoms with van der Waals surface area (Å²) in [4.78, 5) is 4.22. The van der Waals surface area contributed by atoms with Crippen molar-refractivity contribution in [2.75, 3.05) is 6.54 Å². The molecule has 1 aromatic carbocycles. The summed E-state index contributed by atoms with van der Waals surface area (Å²) in [5.74, 6) is 0.652. The fourth-order valence-electron chi connectivity index (χ4n) is 1.45. The Morgan fingerprint density at radius 1 is 1.44 bits per heavy atom. The van der Waals surface area contributed by atoms with Crippen LogP contribution in [-0.2, 0) is 6.54 Å². The maximum Gasteiger partial charge on any atom is 0.399 e. The summed E-state index contributed by atoms with van der Waals surface area (Å²) in [6.45, 7) is 5.52. The summed E-state index contributed by atoms with van der Waals surface area (Å²) < 4.78 is 10.8. The van der Waals surface area contributed by atoms with Crippen molar-refractivity contribution in [1.29, 1.82) is 0 Å². The minimum atomic E-state index is 0.230. The number of hydrogen-bond donors (Lipinski definition) is 1. The molecule has 0 aliphatic heterocycles. The summed E-state index contributed by atoms with van der Waals surface area (Å²) >= 11 is 5.92. The van der Waals surface area contributed by atoms with Crippen LogP contribution in [0.25, 0.3) is 0 Å². The van der Waals surface area contributed by atoms with Crippen LogP contribution in [0.5, 0.6) is 11.8 Å². The van der Waals surface area contributed by atoms with E-state index in [4.69, 9.17) is 20.8 Å². The summed E-state index contributed by atoms with van der Waals surface area (Å²) in [5.41, 5.74) is 1.79. The number of halogens is 1. The zero-order valence-corrected chi connectivity index (χ0v) is 11.1. The van der Waals surface area contributed by atoms with Gasteiger partial charge in [-0.3, -0.25) is 0 Å². The number of nitrogens with zero attached hydrogens (tertiary/aromatic N) is 1. The van der Waals surface area contributed by atoms with Crippen molar-refractivity contribution in [1.82, 2.24) is 10.3 Å². The molecular weight excluding hydrogens is 252 g/mol. The number of ether oxygens (including phenoxy) is 1. The van der Waals surface area contributed by atoms with Gasteiger partial charge >= 0.3 is 6.08 Å². The molecular formula is C13H15ClN2O2. The fourth-order valence-corrected chi connectivity index (χ4v) is 1.61. The second-order valence-corrected chi connectivity index (χ2v) is 4.33. The molecule has 0 bridgehead atoms. The minimum Gasteiger partial charge on any atom is -0.417 e. The number of hydrogen-bond acceptors (Lipinski definition) is 4. The average Bonchev–Trinajstić information content (AvgIpc) is 2.79. The maximum absolute atomic E-state index is 5.92. The molecule has 0 radical (unpaired) electrons. The number of rotatable bonds is 5. The van der Waals surface area contributed by atoms with Crippen LogP contribution in [0.3, 0.4) is 0 Å². The standard InChI is InChI=1S/C13H15ClN2O2/c1-3-15-7-11-8-17-13(16-11)18-12-6-10(14)5-4-9(12)2/h4-6,8,15H,3,7H2,1-2H3. The lowest BCUT2D eigenvalue weighted by Gasteiger charge is -2.04. The van der Waals surface area contributed by atoms with Crippen LogP contribution in [0.15, 0.2) is 28.9 Å². The predicted octanol–water partition coefficient (Wildman–Crippen LogP) is 3.54. The molecule has 0 saturated carbocycles. The Hall–Kier alpha value is -1.52. The number of nitrogens with one attached hydrogen (secondary N) is 1. The number of oxazole rings is 1. The molecule has 0 amide bonds. The van der Waals surface area contributed by atoms with Crippen molar-refractivity contribution in [2.24, 2.45) is 0 Å².